The average molecular weight is 515 g/mol. The molecule has 0 amide bonds. The number of ether oxygens (including phenoxy) is 1. The highest BCUT2D eigenvalue weighted by atomic mass is 16.5. The summed E-state index contributed by atoms with van der Waals surface area (Å²) in [6, 6.07) is 9.26. The number of nitrogens with zero attached hydrogens (tertiary/aromatic N) is 4. The topological polar surface area (TPSA) is 116 Å². The standard InChI is InChI=1S/C28H30N6O4/c1-32-14-17(12-21(28(32)37)29-25-13-26(38-2)31-30-25)18-7-5-9-22(20(18)16-35)33-10-11-34-23-8-4-3-6-19(23)27(36)24(34)15-33/h5,7,9,12-15,35H,3-4,6,8,10-11,16H2,1-2H3,(H2,29,30,31). The zero-order chi connectivity index (χ0) is 26.4. The van der Waals surface area contributed by atoms with Crippen LogP contribution in [-0.2, 0) is 18.4 Å². The lowest BCUT2D eigenvalue weighted by molar-refractivity contribution is -0.112. The maximum absolute atomic E-state index is 13.2. The van der Waals surface area contributed by atoms with Gasteiger partial charge in [-0.25, -0.2) is 0 Å². The van der Waals surface area contributed by atoms with Gasteiger partial charge in [0.05, 0.1) is 13.7 Å². The van der Waals surface area contributed by atoms with Crippen LogP contribution in [0.5, 0.6) is 5.88 Å². The van der Waals surface area contributed by atoms with Crippen LogP contribution in [-0.4, -0.2) is 50.8 Å². The van der Waals surface area contributed by atoms with Crippen molar-refractivity contribution in [2.24, 2.45) is 7.05 Å². The molecule has 4 heterocycles. The third-order valence-corrected chi connectivity index (χ3v) is 7.55. The number of aromatic amines is 1. The number of aromatic nitrogens is 3. The Labute approximate surface area is 219 Å². The Balaban J connectivity index is 1.37. The Hall–Kier alpha value is -4.31. The number of aliphatic hydroxyl groups is 1. The summed E-state index contributed by atoms with van der Waals surface area (Å²) in [6.45, 7) is 1.24. The van der Waals surface area contributed by atoms with Crippen LogP contribution in [0, 0.1) is 0 Å². The lowest BCUT2D eigenvalue weighted by Gasteiger charge is -2.35. The van der Waals surface area contributed by atoms with Gasteiger partial charge in [-0.2, -0.15) is 0 Å². The van der Waals surface area contributed by atoms with Crippen molar-refractivity contribution in [3.63, 3.8) is 0 Å². The molecule has 3 aromatic rings. The number of rotatable bonds is 6. The third-order valence-electron chi connectivity index (χ3n) is 7.55. The van der Waals surface area contributed by atoms with E-state index >= 15 is 0 Å². The number of pyridine rings is 1. The minimum atomic E-state index is -0.207. The van der Waals surface area contributed by atoms with Crippen molar-refractivity contribution < 1.29 is 14.6 Å². The van der Waals surface area contributed by atoms with E-state index in [2.05, 4.69) is 25.3 Å². The first kappa shape index (κ1) is 24.1. The molecule has 38 heavy (non-hydrogen) atoms. The Morgan fingerprint density at radius 2 is 2.00 bits per heavy atom. The fourth-order valence-corrected chi connectivity index (χ4v) is 5.69. The fourth-order valence-electron chi connectivity index (χ4n) is 5.69. The quantitative estimate of drug-likeness (QED) is 0.459. The minimum Gasteiger partial charge on any atom is -0.480 e. The van der Waals surface area contributed by atoms with Crippen LogP contribution in [0.15, 0.2) is 64.5 Å². The van der Waals surface area contributed by atoms with E-state index < -0.39 is 0 Å². The minimum absolute atomic E-state index is 0.135. The molecule has 0 radical (unpaired) electrons. The number of nitrogens with one attached hydrogen (secondary N) is 2. The number of allylic oxidation sites excluding steroid dienone is 2. The monoisotopic (exact) mass is 514 g/mol. The summed E-state index contributed by atoms with van der Waals surface area (Å²) in [4.78, 5) is 30.3. The van der Waals surface area contributed by atoms with E-state index in [9.17, 15) is 14.7 Å². The predicted molar refractivity (Wildman–Crippen MR) is 144 cm³/mol. The molecule has 0 fully saturated rings. The number of aliphatic hydroxyl groups excluding tert-OH is 1. The molecule has 3 aliphatic rings. The maximum Gasteiger partial charge on any atom is 0.274 e. The number of benzene rings is 1. The van der Waals surface area contributed by atoms with Crippen LogP contribution in [0.1, 0.15) is 31.2 Å². The summed E-state index contributed by atoms with van der Waals surface area (Å²) < 4.78 is 6.62. The van der Waals surface area contributed by atoms with Crippen LogP contribution in [0.4, 0.5) is 17.2 Å². The number of fused-ring (bicyclic) bond motifs is 2. The molecule has 3 N–H and O–H groups in total. The first-order chi connectivity index (χ1) is 18.5. The van der Waals surface area contributed by atoms with Gasteiger partial charge in [-0.3, -0.25) is 14.7 Å². The lowest BCUT2D eigenvalue weighted by atomic mass is 9.96. The molecule has 6 rings (SSSR count). The van der Waals surface area contributed by atoms with E-state index in [1.54, 1.807) is 25.4 Å². The molecule has 196 valence electrons. The van der Waals surface area contributed by atoms with E-state index in [-0.39, 0.29) is 17.9 Å². The molecule has 0 atom stereocenters. The second-order valence-corrected chi connectivity index (χ2v) is 9.79. The highest BCUT2D eigenvalue weighted by Gasteiger charge is 2.38. The van der Waals surface area contributed by atoms with Gasteiger partial charge in [-0.15, -0.1) is 5.10 Å². The largest absolute Gasteiger partial charge is 0.480 e. The van der Waals surface area contributed by atoms with Crippen molar-refractivity contribution in [1.82, 2.24) is 19.7 Å². The van der Waals surface area contributed by atoms with E-state index in [1.807, 2.05) is 24.4 Å². The van der Waals surface area contributed by atoms with E-state index in [4.69, 9.17) is 4.74 Å². The van der Waals surface area contributed by atoms with Gasteiger partial charge in [-0.1, -0.05) is 12.1 Å². The molecule has 0 bridgehead atoms. The molecule has 10 nitrogen and oxygen atoms in total. The second-order valence-electron chi connectivity index (χ2n) is 9.79. The van der Waals surface area contributed by atoms with Crippen LogP contribution >= 0.6 is 0 Å². The van der Waals surface area contributed by atoms with E-state index in [1.165, 1.54) is 17.4 Å². The van der Waals surface area contributed by atoms with Crippen LogP contribution < -0.4 is 20.5 Å². The van der Waals surface area contributed by atoms with E-state index in [0.717, 1.165) is 65.9 Å². The summed E-state index contributed by atoms with van der Waals surface area (Å²) >= 11 is 0. The molecular weight excluding hydrogens is 484 g/mol. The van der Waals surface area contributed by atoms with E-state index in [0.29, 0.717) is 23.9 Å². The van der Waals surface area contributed by atoms with Gasteiger partial charge in [0.15, 0.2) is 0 Å². The number of methoxy groups -OCH3 is 1. The lowest BCUT2D eigenvalue weighted by Crippen LogP contribution is -2.37. The number of carbonyl (C=O) groups excluding carboxylic acids is 1. The SMILES string of the molecule is COc1cc(Nc2cc(-c3cccc(N4C=C5C(=O)C6=C(CCCC6)N5CC4)c3CO)cn(C)c2=O)[nH]n1. The zero-order valence-corrected chi connectivity index (χ0v) is 21.5. The summed E-state index contributed by atoms with van der Waals surface area (Å²) in [5.41, 5.74) is 6.19. The number of aryl methyl sites for hydroxylation is 1. The summed E-state index contributed by atoms with van der Waals surface area (Å²) in [5, 5.41) is 20.4. The Kier molecular flexibility index (Phi) is 6.03. The van der Waals surface area contributed by atoms with Crippen LogP contribution in [0.25, 0.3) is 11.1 Å². The Morgan fingerprint density at radius 3 is 2.79 bits per heavy atom. The zero-order valence-electron chi connectivity index (χ0n) is 21.5. The number of anilines is 3. The first-order valence-corrected chi connectivity index (χ1v) is 12.8. The molecule has 1 aromatic carbocycles. The molecule has 1 aliphatic carbocycles. The van der Waals surface area contributed by atoms with Gasteiger partial charge < -0.3 is 29.5 Å². The van der Waals surface area contributed by atoms with Crippen molar-refractivity contribution in [3.8, 4) is 17.0 Å². The first-order valence-electron chi connectivity index (χ1n) is 12.8. The molecule has 0 saturated heterocycles. The number of ketones is 1. The van der Waals surface area contributed by atoms with Crippen molar-refractivity contribution in [3.05, 3.63) is 75.6 Å². The number of hydrogen-bond donors (Lipinski definition) is 3. The molecule has 0 spiro atoms. The summed E-state index contributed by atoms with van der Waals surface area (Å²) in [5.74, 6) is 1.06. The molecule has 10 heteroatoms. The van der Waals surface area contributed by atoms with Gasteiger partial charge in [0.1, 0.15) is 17.2 Å². The van der Waals surface area contributed by atoms with Gasteiger partial charge >= 0.3 is 0 Å². The maximum atomic E-state index is 13.2. The van der Waals surface area contributed by atoms with Crippen molar-refractivity contribution in [2.45, 2.75) is 32.3 Å². The Morgan fingerprint density at radius 1 is 1.16 bits per heavy atom. The number of Topliss-reactive ketones (excluding diaryl/α,β-unsaturated/α-hetero) is 1. The van der Waals surface area contributed by atoms with Crippen molar-refractivity contribution in [2.75, 3.05) is 30.4 Å². The molecular formula is C28H30N6O4. The Bertz CT molecular complexity index is 1550. The smallest absolute Gasteiger partial charge is 0.274 e. The third kappa shape index (κ3) is 3.97. The predicted octanol–water partition coefficient (Wildman–Crippen LogP) is 3.39. The van der Waals surface area contributed by atoms with Gasteiger partial charge in [0.25, 0.3) is 5.56 Å². The van der Waals surface area contributed by atoms with Crippen LogP contribution in [0.2, 0.25) is 0 Å². The number of H-pyrrole nitrogens is 1. The second kappa shape index (κ2) is 9.53. The van der Waals surface area contributed by atoms with Crippen LogP contribution in [0.3, 0.4) is 0 Å². The highest BCUT2D eigenvalue weighted by Crippen LogP contribution is 2.41. The number of hydrogen-bond acceptors (Lipinski definition) is 8. The van der Waals surface area contributed by atoms with Crippen molar-refractivity contribution in [1.29, 1.82) is 0 Å². The molecule has 2 aliphatic heterocycles. The van der Waals surface area contributed by atoms with Gasteiger partial charge in [0.2, 0.25) is 11.7 Å². The average Bonchev–Trinajstić information content (AvgIpc) is 3.52. The highest BCUT2D eigenvalue weighted by molar-refractivity contribution is 6.11. The van der Waals surface area contributed by atoms with Gasteiger partial charge in [-0.05, 0) is 43.4 Å². The normalized spacial score (nSPS) is 16.9. The number of carbonyl (C=O) groups is 1. The molecule has 0 saturated carbocycles. The summed E-state index contributed by atoms with van der Waals surface area (Å²) in [6.07, 6.45) is 7.70. The van der Waals surface area contributed by atoms with Gasteiger partial charge in [0, 0.05) is 66.7 Å². The summed E-state index contributed by atoms with van der Waals surface area (Å²) in [7, 11) is 3.21. The van der Waals surface area contributed by atoms with Crippen molar-refractivity contribution >= 4 is 23.0 Å². The molecule has 0 unspecified atom stereocenters. The fraction of sp³-hybridized carbons (Fsp3) is 0.321. The molecule has 2 aromatic heterocycles.